The normalized spacial score (nSPS) is 26.5. The Labute approximate surface area is 145 Å². The van der Waals surface area contributed by atoms with Crippen molar-refractivity contribution >= 4 is 11.8 Å². The number of rotatable bonds is 2. The number of amides is 1. The summed E-state index contributed by atoms with van der Waals surface area (Å²) >= 11 is 0. The van der Waals surface area contributed by atoms with Gasteiger partial charge in [0.1, 0.15) is 5.60 Å². The van der Waals surface area contributed by atoms with E-state index in [1.807, 2.05) is 32.9 Å². The van der Waals surface area contributed by atoms with Gasteiger partial charge in [-0.3, -0.25) is 5.32 Å². The number of fused-ring (bicyclic) bond motifs is 1. The summed E-state index contributed by atoms with van der Waals surface area (Å²) in [6.07, 6.45) is 11.1. The number of hydrogen-bond acceptors (Lipinski definition) is 2. The number of anilines is 1. The molecule has 0 spiro atoms. The van der Waals surface area contributed by atoms with E-state index in [1.165, 1.54) is 37.7 Å². The van der Waals surface area contributed by atoms with E-state index in [0.717, 1.165) is 17.5 Å². The summed E-state index contributed by atoms with van der Waals surface area (Å²) in [5, 5.41) is 2.81. The van der Waals surface area contributed by atoms with Crippen LogP contribution in [0.2, 0.25) is 0 Å². The molecule has 0 bridgehead atoms. The number of carbonyl (C=O) groups excluding carboxylic acids is 1. The van der Waals surface area contributed by atoms with Gasteiger partial charge in [0.05, 0.1) is 0 Å². The van der Waals surface area contributed by atoms with Crippen LogP contribution in [0.1, 0.15) is 64.4 Å². The molecule has 24 heavy (non-hydrogen) atoms. The maximum Gasteiger partial charge on any atom is 0.412 e. The van der Waals surface area contributed by atoms with Crippen LogP contribution in [0.15, 0.2) is 36.4 Å². The molecule has 130 valence electrons. The van der Waals surface area contributed by atoms with Gasteiger partial charge in [-0.2, -0.15) is 0 Å². The number of hydrogen-bond donors (Lipinski definition) is 1. The van der Waals surface area contributed by atoms with Crippen LogP contribution in [-0.2, 0) is 4.74 Å². The molecule has 0 saturated heterocycles. The molecular formula is C21H29NO2. The Morgan fingerprint density at radius 3 is 2.54 bits per heavy atom. The largest absolute Gasteiger partial charge is 0.444 e. The van der Waals surface area contributed by atoms with Crippen LogP contribution in [0.25, 0.3) is 0 Å². The predicted molar refractivity (Wildman–Crippen MR) is 98.2 cm³/mol. The monoisotopic (exact) mass is 327 g/mol. The van der Waals surface area contributed by atoms with E-state index in [-0.39, 0.29) is 0 Å². The first-order valence-corrected chi connectivity index (χ1v) is 9.19. The molecule has 1 aromatic carbocycles. The van der Waals surface area contributed by atoms with Crippen LogP contribution in [0.4, 0.5) is 10.5 Å². The fourth-order valence-corrected chi connectivity index (χ4v) is 4.11. The minimum absolute atomic E-state index is 0.403. The highest BCUT2D eigenvalue weighted by Gasteiger charge is 2.32. The SMILES string of the molecule is CC(C)(C)OC(=O)Nc1ccc(C2C=CCC3CCCCC32)cc1. The molecule has 0 aliphatic heterocycles. The van der Waals surface area contributed by atoms with Gasteiger partial charge in [-0.15, -0.1) is 0 Å². The van der Waals surface area contributed by atoms with Gasteiger partial charge in [-0.1, -0.05) is 37.1 Å². The van der Waals surface area contributed by atoms with Gasteiger partial charge < -0.3 is 4.74 Å². The van der Waals surface area contributed by atoms with Gasteiger partial charge in [-0.25, -0.2) is 4.79 Å². The second kappa shape index (κ2) is 7.00. The molecule has 3 unspecified atom stereocenters. The van der Waals surface area contributed by atoms with Gasteiger partial charge in [0.15, 0.2) is 0 Å². The van der Waals surface area contributed by atoms with Crippen LogP contribution < -0.4 is 5.32 Å². The molecule has 2 aliphatic carbocycles. The number of carbonyl (C=O) groups is 1. The lowest BCUT2D eigenvalue weighted by Gasteiger charge is -2.38. The maximum absolute atomic E-state index is 11.9. The third kappa shape index (κ3) is 4.19. The smallest absolute Gasteiger partial charge is 0.412 e. The fraction of sp³-hybridized carbons (Fsp3) is 0.571. The average Bonchev–Trinajstić information content (AvgIpc) is 2.53. The van der Waals surface area contributed by atoms with Crippen LogP contribution in [-0.4, -0.2) is 11.7 Å². The molecule has 0 heterocycles. The van der Waals surface area contributed by atoms with Gasteiger partial charge in [0, 0.05) is 11.6 Å². The van der Waals surface area contributed by atoms with Crippen LogP contribution in [0.3, 0.4) is 0 Å². The quantitative estimate of drug-likeness (QED) is 0.688. The van der Waals surface area contributed by atoms with Crippen molar-refractivity contribution in [2.45, 2.75) is 64.4 Å². The second-order valence-electron chi connectivity index (χ2n) is 8.15. The molecule has 3 nitrogen and oxygen atoms in total. The fourth-order valence-electron chi connectivity index (χ4n) is 4.11. The number of nitrogens with one attached hydrogen (secondary N) is 1. The zero-order chi connectivity index (χ0) is 17.2. The molecule has 3 heteroatoms. The van der Waals surface area contributed by atoms with E-state index >= 15 is 0 Å². The number of benzene rings is 1. The third-order valence-electron chi connectivity index (χ3n) is 5.15. The summed E-state index contributed by atoms with van der Waals surface area (Å²) < 4.78 is 5.30. The van der Waals surface area contributed by atoms with E-state index in [4.69, 9.17) is 4.74 Å². The second-order valence-corrected chi connectivity index (χ2v) is 8.15. The molecule has 0 radical (unpaired) electrons. The molecule has 1 saturated carbocycles. The highest BCUT2D eigenvalue weighted by molar-refractivity contribution is 5.84. The van der Waals surface area contributed by atoms with Gasteiger partial charge in [-0.05, 0) is 69.6 Å². The molecule has 3 atom stereocenters. The molecule has 1 amide bonds. The Hall–Kier alpha value is -1.77. The Balaban J connectivity index is 1.67. The van der Waals surface area contributed by atoms with Gasteiger partial charge >= 0.3 is 6.09 Å². The van der Waals surface area contributed by atoms with E-state index in [9.17, 15) is 4.79 Å². The van der Waals surface area contributed by atoms with Crippen LogP contribution in [0, 0.1) is 11.8 Å². The van der Waals surface area contributed by atoms with E-state index in [2.05, 4.69) is 29.6 Å². The minimum Gasteiger partial charge on any atom is -0.444 e. The molecule has 0 aromatic heterocycles. The summed E-state index contributed by atoms with van der Waals surface area (Å²) in [6, 6.07) is 8.27. The highest BCUT2D eigenvalue weighted by atomic mass is 16.6. The van der Waals surface area contributed by atoms with Crippen molar-refractivity contribution in [2.24, 2.45) is 11.8 Å². The molecular weight excluding hydrogens is 298 g/mol. The molecule has 1 fully saturated rings. The zero-order valence-corrected chi connectivity index (χ0v) is 15.0. The van der Waals surface area contributed by atoms with Crippen molar-refractivity contribution in [3.8, 4) is 0 Å². The summed E-state index contributed by atoms with van der Waals surface area (Å²) in [5.74, 6) is 2.17. The van der Waals surface area contributed by atoms with E-state index < -0.39 is 11.7 Å². The average molecular weight is 327 g/mol. The number of allylic oxidation sites excluding steroid dienone is 2. The van der Waals surface area contributed by atoms with Crippen molar-refractivity contribution in [3.05, 3.63) is 42.0 Å². The van der Waals surface area contributed by atoms with Crippen LogP contribution in [0.5, 0.6) is 0 Å². The van der Waals surface area contributed by atoms with Gasteiger partial charge in [0.2, 0.25) is 0 Å². The summed E-state index contributed by atoms with van der Waals surface area (Å²) in [5.41, 5.74) is 1.66. The first-order valence-electron chi connectivity index (χ1n) is 9.19. The Kier molecular flexibility index (Phi) is 4.98. The predicted octanol–water partition coefficient (Wildman–Crippen LogP) is 5.88. The Morgan fingerprint density at radius 2 is 1.83 bits per heavy atom. The first kappa shape index (κ1) is 17.1. The lowest BCUT2D eigenvalue weighted by atomic mass is 9.66. The van der Waals surface area contributed by atoms with Crippen molar-refractivity contribution in [2.75, 3.05) is 5.32 Å². The molecule has 1 aromatic rings. The lowest BCUT2D eigenvalue weighted by Crippen LogP contribution is -2.27. The van der Waals surface area contributed by atoms with Crippen molar-refractivity contribution in [1.29, 1.82) is 0 Å². The molecule has 3 rings (SSSR count). The minimum atomic E-state index is -0.479. The number of ether oxygens (including phenoxy) is 1. The third-order valence-corrected chi connectivity index (χ3v) is 5.15. The topological polar surface area (TPSA) is 38.3 Å². The van der Waals surface area contributed by atoms with E-state index in [1.54, 1.807) is 0 Å². The van der Waals surface area contributed by atoms with Gasteiger partial charge in [0.25, 0.3) is 0 Å². The van der Waals surface area contributed by atoms with Crippen molar-refractivity contribution in [3.63, 3.8) is 0 Å². The molecule has 1 N–H and O–H groups in total. The van der Waals surface area contributed by atoms with Crippen LogP contribution >= 0.6 is 0 Å². The van der Waals surface area contributed by atoms with E-state index in [0.29, 0.717) is 5.92 Å². The zero-order valence-electron chi connectivity index (χ0n) is 15.0. The summed E-state index contributed by atoms with van der Waals surface area (Å²) in [4.78, 5) is 11.9. The summed E-state index contributed by atoms with van der Waals surface area (Å²) in [6.45, 7) is 5.60. The first-order chi connectivity index (χ1) is 11.4. The standard InChI is InChI=1S/C21H29NO2/c1-21(2,3)24-20(23)22-17-13-11-16(12-14-17)19-10-6-8-15-7-4-5-9-18(15)19/h6,10-15,18-19H,4-5,7-9H2,1-3H3,(H,22,23). The van der Waals surface area contributed by atoms with Crippen molar-refractivity contribution < 1.29 is 9.53 Å². The highest BCUT2D eigenvalue weighted by Crippen LogP contribution is 2.45. The maximum atomic E-state index is 11.9. The summed E-state index contributed by atoms with van der Waals surface area (Å²) in [7, 11) is 0. The van der Waals surface area contributed by atoms with Crippen molar-refractivity contribution in [1.82, 2.24) is 0 Å². The Morgan fingerprint density at radius 1 is 1.12 bits per heavy atom. The lowest BCUT2D eigenvalue weighted by molar-refractivity contribution is 0.0636. The Bertz CT molecular complexity index is 597. The molecule has 2 aliphatic rings.